The number of nitrogens with zero attached hydrogens (tertiary/aromatic N) is 2. The summed E-state index contributed by atoms with van der Waals surface area (Å²) in [7, 11) is 7.05. The minimum absolute atomic E-state index is 0.132. The average Bonchev–Trinajstić information content (AvgIpc) is 2.37. The van der Waals surface area contributed by atoms with Crippen LogP contribution < -0.4 is 20.3 Å². The lowest BCUT2D eigenvalue weighted by molar-refractivity contribution is -0.117. The number of carbonyl (C=O) groups is 1. The number of amides is 1. The Morgan fingerprint density at radius 1 is 1.50 bits per heavy atom. The number of ether oxygens (including phenoxy) is 1. The molecule has 6 nitrogen and oxygen atoms in total. The summed E-state index contributed by atoms with van der Waals surface area (Å²) in [4.78, 5) is 17.9. The maximum absolute atomic E-state index is 11.9. The molecule has 1 amide bonds. The van der Waals surface area contributed by atoms with Gasteiger partial charge >= 0.3 is 0 Å². The number of rotatable bonds is 5. The maximum Gasteiger partial charge on any atom is 0.241 e. The van der Waals surface area contributed by atoms with Crippen LogP contribution in [-0.2, 0) is 4.79 Å². The molecule has 1 heterocycles. The van der Waals surface area contributed by atoms with Gasteiger partial charge in [-0.25, -0.2) is 4.98 Å². The molecular formula is C12H20N4O2. The smallest absolute Gasteiger partial charge is 0.241 e. The lowest BCUT2D eigenvalue weighted by Gasteiger charge is -2.20. The fourth-order valence-corrected chi connectivity index (χ4v) is 1.44. The van der Waals surface area contributed by atoms with E-state index in [1.54, 1.807) is 20.2 Å². The van der Waals surface area contributed by atoms with Gasteiger partial charge in [0.2, 0.25) is 11.8 Å². The lowest BCUT2D eigenvalue weighted by Crippen LogP contribution is -2.36. The summed E-state index contributed by atoms with van der Waals surface area (Å²) in [6, 6.07) is 1.53. The van der Waals surface area contributed by atoms with Gasteiger partial charge in [-0.1, -0.05) is 0 Å². The summed E-state index contributed by atoms with van der Waals surface area (Å²) < 4.78 is 5.18. The predicted octanol–water partition coefficient (Wildman–Crippen LogP) is 0.703. The van der Waals surface area contributed by atoms with Crippen LogP contribution in [-0.4, -0.2) is 45.2 Å². The second-order valence-electron chi connectivity index (χ2n) is 4.11. The predicted molar refractivity (Wildman–Crippen MR) is 72.3 cm³/mol. The number of methoxy groups -OCH3 is 1. The van der Waals surface area contributed by atoms with Crippen molar-refractivity contribution < 1.29 is 9.53 Å². The number of nitrogens with one attached hydrogen (secondary N) is 2. The third-order valence-electron chi connectivity index (χ3n) is 2.64. The van der Waals surface area contributed by atoms with Crippen molar-refractivity contribution >= 4 is 17.3 Å². The van der Waals surface area contributed by atoms with E-state index in [0.29, 0.717) is 11.6 Å². The minimum atomic E-state index is -0.287. The summed E-state index contributed by atoms with van der Waals surface area (Å²) >= 11 is 0. The maximum atomic E-state index is 11.9. The van der Waals surface area contributed by atoms with E-state index in [0.717, 1.165) is 5.69 Å². The van der Waals surface area contributed by atoms with Crippen LogP contribution in [0, 0.1) is 0 Å². The van der Waals surface area contributed by atoms with Crippen molar-refractivity contribution in [2.75, 3.05) is 38.5 Å². The van der Waals surface area contributed by atoms with Crippen LogP contribution in [0.4, 0.5) is 11.4 Å². The zero-order valence-corrected chi connectivity index (χ0v) is 11.4. The first-order valence-electron chi connectivity index (χ1n) is 5.69. The highest BCUT2D eigenvalue weighted by Crippen LogP contribution is 2.31. The molecule has 0 aliphatic carbocycles. The van der Waals surface area contributed by atoms with Crippen LogP contribution in [0.15, 0.2) is 12.3 Å². The van der Waals surface area contributed by atoms with Crippen LogP contribution in [0.5, 0.6) is 5.88 Å². The Morgan fingerprint density at radius 3 is 2.67 bits per heavy atom. The molecule has 0 spiro atoms. The highest BCUT2D eigenvalue weighted by molar-refractivity contribution is 5.98. The van der Waals surface area contributed by atoms with Gasteiger partial charge in [0, 0.05) is 20.3 Å². The van der Waals surface area contributed by atoms with Crippen molar-refractivity contribution in [2.24, 2.45) is 0 Å². The average molecular weight is 252 g/mol. The number of hydrogen-bond donors (Lipinski definition) is 2. The molecule has 1 aromatic rings. The first-order valence-corrected chi connectivity index (χ1v) is 5.69. The second-order valence-corrected chi connectivity index (χ2v) is 4.11. The molecule has 0 aromatic carbocycles. The molecule has 100 valence electrons. The normalized spacial score (nSPS) is 11.8. The fourth-order valence-electron chi connectivity index (χ4n) is 1.44. The molecule has 2 N–H and O–H groups in total. The number of carbonyl (C=O) groups excluding carboxylic acids is 1. The first kappa shape index (κ1) is 14.2. The van der Waals surface area contributed by atoms with E-state index in [1.165, 1.54) is 7.11 Å². The van der Waals surface area contributed by atoms with E-state index < -0.39 is 0 Å². The molecule has 1 rings (SSSR count). The Hall–Kier alpha value is -1.82. The number of pyridine rings is 1. The van der Waals surface area contributed by atoms with Crippen LogP contribution in [0.1, 0.15) is 6.92 Å². The summed E-state index contributed by atoms with van der Waals surface area (Å²) in [6.45, 7) is 1.79. The van der Waals surface area contributed by atoms with Gasteiger partial charge in [-0.15, -0.1) is 0 Å². The number of anilines is 2. The Labute approximate surface area is 107 Å². The monoisotopic (exact) mass is 252 g/mol. The van der Waals surface area contributed by atoms with Gasteiger partial charge in [0.05, 0.1) is 18.8 Å². The standard InChI is InChI=1S/C12H20N4O2/c1-8(13-2)11(17)15-10-9(16(3)4)6-7-14-12(10)18-5/h6-8,13H,1-5H3,(H,15,17). The summed E-state index contributed by atoms with van der Waals surface area (Å²) in [6.07, 6.45) is 1.64. The van der Waals surface area contributed by atoms with Gasteiger partial charge in [0.1, 0.15) is 5.69 Å². The van der Waals surface area contributed by atoms with Crippen LogP contribution >= 0.6 is 0 Å². The molecule has 0 bridgehead atoms. The molecule has 0 aliphatic heterocycles. The van der Waals surface area contributed by atoms with Gasteiger partial charge in [-0.05, 0) is 20.0 Å². The molecule has 0 saturated heterocycles. The van der Waals surface area contributed by atoms with Crippen LogP contribution in [0.2, 0.25) is 0 Å². The van der Waals surface area contributed by atoms with Crippen molar-refractivity contribution in [2.45, 2.75) is 13.0 Å². The van der Waals surface area contributed by atoms with Crippen LogP contribution in [0.25, 0.3) is 0 Å². The third-order valence-corrected chi connectivity index (χ3v) is 2.64. The van der Waals surface area contributed by atoms with Gasteiger partial charge in [-0.3, -0.25) is 4.79 Å². The van der Waals surface area contributed by atoms with E-state index in [9.17, 15) is 4.79 Å². The van der Waals surface area contributed by atoms with Crippen molar-refractivity contribution in [3.8, 4) is 5.88 Å². The van der Waals surface area contributed by atoms with E-state index in [4.69, 9.17) is 4.74 Å². The summed E-state index contributed by atoms with van der Waals surface area (Å²) in [5, 5.41) is 5.72. The van der Waals surface area contributed by atoms with Crippen LogP contribution in [0.3, 0.4) is 0 Å². The highest BCUT2D eigenvalue weighted by Gasteiger charge is 2.17. The zero-order valence-electron chi connectivity index (χ0n) is 11.4. The van der Waals surface area contributed by atoms with Crippen molar-refractivity contribution in [1.29, 1.82) is 0 Å². The molecule has 0 radical (unpaired) electrons. The van der Waals surface area contributed by atoms with Gasteiger partial charge in [0.25, 0.3) is 0 Å². The van der Waals surface area contributed by atoms with Gasteiger partial charge in [-0.2, -0.15) is 0 Å². The Morgan fingerprint density at radius 2 is 2.17 bits per heavy atom. The highest BCUT2D eigenvalue weighted by atomic mass is 16.5. The molecule has 1 aromatic heterocycles. The van der Waals surface area contributed by atoms with E-state index >= 15 is 0 Å². The third kappa shape index (κ3) is 3.10. The number of hydrogen-bond acceptors (Lipinski definition) is 5. The minimum Gasteiger partial charge on any atom is -0.479 e. The second kappa shape index (κ2) is 6.20. The van der Waals surface area contributed by atoms with E-state index in [2.05, 4.69) is 15.6 Å². The van der Waals surface area contributed by atoms with E-state index in [1.807, 2.05) is 25.1 Å². The molecule has 0 aliphatic rings. The molecule has 6 heteroatoms. The molecule has 0 saturated carbocycles. The fraction of sp³-hybridized carbons (Fsp3) is 0.500. The van der Waals surface area contributed by atoms with Gasteiger partial charge in [0.15, 0.2) is 0 Å². The molecule has 18 heavy (non-hydrogen) atoms. The summed E-state index contributed by atoms with van der Waals surface area (Å²) in [5.41, 5.74) is 1.43. The molecular weight excluding hydrogens is 232 g/mol. The van der Waals surface area contributed by atoms with E-state index in [-0.39, 0.29) is 11.9 Å². The lowest BCUT2D eigenvalue weighted by atomic mass is 10.2. The first-order chi connectivity index (χ1) is 8.51. The summed E-state index contributed by atoms with van der Waals surface area (Å²) in [5.74, 6) is 0.268. The molecule has 1 unspecified atom stereocenters. The SMILES string of the molecule is CNC(C)C(=O)Nc1c(N(C)C)ccnc1OC. The van der Waals surface area contributed by atoms with Crippen molar-refractivity contribution in [1.82, 2.24) is 10.3 Å². The van der Waals surface area contributed by atoms with Crippen molar-refractivity contribution in [3.05, 3.63) is 12.3 Å². The molecule has 1 atom stereocenters. The Balaban J connectivity index is 3.08. The molecule has 0 fully saturated rings. The Bertz CT molecular complexity index is 421. The number of likely N-dealkylation sites (N-methyl/N-ethyl adjacent to an activating group) is 1. The largest absolute Gasteiger partial charge is 0.479 e. The topological polar surface area (TPSA) is 66.5 Å². The zero-order chi connectivity index (χ0) is 13.7. The van der Waals surface area contributed by atoms with Crippen molar-refractivity contribution in [3.63, 3.8) is 0 Å². The number of aromatic nitrogens is 1. The van der Waals surface area contributed by atoms with Gasteiger partial charge < -0.3 is 20.3 Å². The Kier molecular flexibility index (Phi) is 4.91. The quantitative estimate of drug-likeness (QED) is 0.807.